The Morgan fingerprint density at radius 2 is 1.67 bits per heavy atom. The number of aromatic nitrogens is 2. The van der Waals surface area contributed by atoms with E-state index in [4.69, 9.17) is 9.97 Å². The maximum absolute atomic E-state index is 4.88. The van der Waals surface area contributed by atoms with Crippen molar-refractivity contribution in [3.05, 3.63) is 70.7 Å². The molecule has 1 aliphatic carbocycles. The molecule has 5 rings (SSSR count). The fraction of sp³-hybridized carbons (Fsp3) is 0.357. The van der Waals surface area contributed by atoms with Gasteiger partial charge in [-0.05, 0) is 77.4 Å². The highest BCUT2D eigenvalue weighted by atomic mass is 14.7. The topological polar surface area (TPSA) is 25.8 Å². The first-order valence-corrected chi connectivity index (χ1v) is 10.9. The van der Waals surface area contributed by atoms with Gasteiger partial charge in [-0.15, -0.1) is 0 Å². The van der Waals surface area contributed by atoms with Crippen molar-refractivity contribution in [3.8, 4) is 11.3 Å². The predicted octanol–water partition coefficient (Wildman–Crippen LogP) is 7.29. The molecule has 0 unspecified atom stereocenters. The molecule has 0 fully saturated rings. The number of hydrogen-bond acceptors (Lipinski definition) is 2. The lowest BCUT2D eigenvalue weighted by Crippen LogP contribution is -2.25. The fourth-order valence-electron chi connectivity index (χ4n) is 5.28. The molecule has 0 saturated heterocycles. The molecule has 2 aromatic carbocycles. The van der Waals surface area contributed by atoms with Gasteiger partial charge in [-0.3, -0.25) is 9.97 Å². The normalized spacial score (nSPS) is 14.9. The summed E-state index contributed by atoms with van der Waals surface area (Å²) in [7, 11) is 0. The molecule has 0 atom stereocenters. The molecule has 2 heterocycles. The molecule has 0 N–H and O–H groups in total. The molecule has 1 aliphatic rings. The Balaban J connectivity index is 1.88. The van der Waals surface area contributed by atoms with Crippen molar-refractivity contribution in [2.45, 2.75) is 60.3 Å². The third-order valence-electron chi connectivity index (χ3n) is 6.55. The summed E-state index contributed by atoms with van der Waals surface area (Å²) in [5.74, 6) is 0. The SMILES string of the molecule is Cc1cc2cc3c(cc2c(C)n1)C(C)(C)c1cc(CC(C)(C)C)cc2ccnc-3c12. The van der Waals surface area contributed by atoms with Crippen molar-refractivity contribution >= 4 is 21.5 Å². The number of nitrogens with zero attached hydrogens (tertiary/aromatic N) is 2. The fourth-order valence-corrected chi connectivity index (χ4v) is 5.28. The second-order valence-corrected chi connectivity index (χ2v) is 10.7. The van der Waals surface area contributed by atoms with Gasteiger partial charge in [0.05, 0.1) is 5.69 Å². The predicted molar refractivity (Wildman–Crippen MR) is 127 cm³/mol. The smallest absolute Gasteiger partial charge is 0.0786 e. The first-order valence-electron chi connectivity index (χ1n) is 10.9. The first-order chi connectivity index (χ1) is 14.0. The quantitative estimate of drug-likeness (QED) is 0.338. The molecular weight excluding hydrogens is 364 g/mol. The van der Waals surface area contributed by atoms with Gasteiger partial charge in [0.25, 0.3) is 0 Å². The van der Waals surface area contributed by atoms with Gasteiger partial charge in [-0.1, -0.05) is 46.8 Å². The number of benzene rings is 2. The molecule has 30 heavy (non-hydrogen) atoms. The lowest BCUT2D eigenvalue weighted by molar-refractivity contribution is 0.411. The number of rotatable bonds is 1. The summed E-state index contributed by atoms with van der Waals surface area (Å²) < 4.78 is 0. The van der Waals surface area contributed by atoms with Gasteiger partial charge in [0.2, 0.25) is 0 Å². The Hall–Kier alpha value is -2.74. The van der Waals surface area contributed by atoms with Gasteiger partial charge in [0.15, 0.2) is 0 Å². The van der Waals surface area contributed by atoms with Crippen LogP contribution < -0.4 is 0 Å². The molecule has 2 heteroatoms. The van der Waals surface area contributed by atoms with Gasteiger partial charge >= 0.3 is 0 Å². The van der Waals surface area contributed by atoms with Crippen molar-refractivity contribution in [2.24, 2.45) is 5.41 Å². The molecule has 4 aromatic rings. The highest BCUT2D eigenvalue weighted by Gasteiger charge is 2.35. The number of aryl methyl sites for hydroxylation is 2. The zero-order valence-electron chi connectivity index (χ0n) is 19.1. The third-order valence-corrected chi connectivity index (χ3v) is 6.55. The molecule has 0 aliphatic heterocycles. The van der Waals surface area contributed by atoms with Crippen LogP contribution in [0.15, 0.2) is 42.6 Å². The third kappa shape index (κ3) is 2.85. The van der Waals surface area contributed by atoms with Crippen LogP contribution in [-0.4, -0.2) is 9.97 Å². The number of pyridine rings is 2. The van der Waals surface area contributed by atoms with Gasteiger partial charge in [-0.25, -0.2) is 0 Å². The zero-order valence-corrected chi connectivity index (χ0v) is 19.1. The van der Waals surface area contributed by atoms with E-state index in [2.05, 4.69) is 84.9 Å². The van der Waals surface area contributed by atoms with Crippen LogP contribution in [0.5, 0.6) is 0 Å². The van der Waals surface area contributed by atoms with E-state index >= 15 is 0 Å². The maximum Gasteiger partial charge on any atom is 0.0786 e. The monoisotopic (exact) mass is 394 g/mol. The van der Waals surface area contributed by atoms with E-state index in [0.717, 1.165) is 23.5 Å². The highest BCUT2D eigenvalue weighted by Crippen LogP contribution is 2.49. The summed E-state index contributed by atoms with van der Waals surface area (Å²) in [6, 6.07) is 13.9. The zero-order chi connectivity index (χ0) is 21.4. The van der Waals surface area contributed by atoms with Crippen LogP contribution in [0, 0.1) is 19.3 Å². The summed E-state index contributed by atoms with van der Waals surface area (Å²) in [6.45, 7) is 15.8. The Labute approximate surface area is 179 Å². The summed E-state index contributed by atoms with van der Waals surface area (Å²) in [4.78, 5) is 9.60. The van der Waals surface area contributed by atoms with E-state index in [9.17, 15) is 0 Å². The van der Waals surface area contributed by atoms with Crippen LogP contribution in [0.25, 0.3) is 32.8 Å². The Kier molecular flexibility index (Phi) is 3.93. The van der Waals surface area contributed by atoms with Crippen LogP contribution in [0.3, 0.4) is 0 Å². The molecule has 152 valence electrons. The standard InChI is InChI=1S/C28H30N2/c1-16-10-20-13-22-23(14-21(20)17(2)30-16)28(6,7)24-12-18(15-27(3,4)5)11-19-8-9-29-26(22)25(19)24/h8-14H,15H2,1-7H3. The Bertz CT molecular complexity index is 1340. The maximum atomic E-state index is 4.88. The summed E-state index contributed by atoms with van der Waals surface area (Å²) in [5.41, 5.74) is 8.86. The second kappa shape index (κ2) is 6.14. The van der Waals surface area contributed by atoms with E-state index in [1.807, 2.05) is 6.20 Å². The van der Waals surface area contributed by atoms with E-state index in [-0.39, 0.29) is 10.8 Å². The van der Waals surface area contributed by atoms with Crippen molar-refractivity contribution in [3.63, 3.8) is 0 Å². The first kappa shape index (κ1) is 19.2. The van der Waals surface area contributed by atoms with E-state index < -0.39 is 0 Å². The lowest BCUT2D eigenvalue weighted by atomic mass is 9.68. The van der Waals surface area contributed by atoms with Crippen molar-refractivity contribution < 1.29 is 0 Å². The molecule has 2 aromatic heterocycles. The molecule has 0 amide bonds. The van der Waals surface area contributed by atoms with Crippen molar-refractivity contribution in [2.75, 3.05) is 0 Å². The Morgan fingerprint density at radius 3 is 2.40 bits per heavy atom. The lowest BCUT2D eigenvalue weighted by Gasteiger charge is -2.35. The summed E-state index contributed by atoms with van der Waals surface area (Å²) in [6.07, 6.45) is 3.04. The van der Waals surface area contributed by atoms with Gasteiger partial charge in [0.1, 0.15) is 0 Å². The minimum atomic E-state index is -0.0942. The van der Waals surface area contributed by atoms with Gasteiger partial charge in [-0.2, -0.15) is 0 Å². The summed E-state index contributed by atoms with van der Waals surface area (Å²) >= 11 is 0. The second-order valence-electron chi connectivity index (χ2n) is 10.7. The largest absolute Gasteiger partial charge is 0.258 e. The van der Waals surface area contributed by atoms with E-state index in [1.165, 1.54) is 43.8 Å². The van der Waals surface area contributed by atoms with Crippen LogP contribution in [-0.2, 0) is 11.8 Å². The van der Waals surface area contributed by atoms with Crippen molar-refractivity contribution in [1.82, 2.24) is 9.97 Å². The van der Waals surface area contributed by atoms with Crippen LogP contribution in [0.2, 0.25) is 0 Å². The van der Waals surface area contributed by atoms with E-state index in [0.29, 0.717) is 0 Å². The molecule has 2 nitrogen and oxygen atoms in total. The molecule has 0 spiro atoms. The minimum absolute atomic E-state index is 0.0942. The van der Waals surface area contributed by atoms with Crippen LogP contribution >= 0.6 is 0 Å². The summed E-state index contributed by atoms with van der Waals surface area (Å²) in [5, 5.41) is 5.11. The number of hydrogen-bond donors (Lipinski definition) is 0. The van der Waals surface area contributed by atoms with Crippen molar-refractivity contribution in [1.29, 1.82) is 0 Å². The molecule has 0 radical (unpaired) electrons. The van der Waals surface area contributed by atoms with E-state index in [1.54, 1.807) is 0 Å². The van der Waals surface area contributed by atoms with Gasteiger partial charge < -0.3 is 0 Å². The minimum Gasteiger partial charge on any atom is -0.258 e. The average Bonchev–Trinajstić information content (AvgIpc) is 2.63. The number of fused-ring (bicyclic) bond motifs is 3. The Morgan fingerprint density at radius 1 is 0.900 bits per heavy atom. The molecular formula is C28H30N2. The highest BCUT2D eigenvalue weighted by molar-refractivity contribution is 6.04. The van der Waals surface area contributed by atoms with Crippen LogP contribution in [0.4, 0.5) is 0 Å². The van der Waals surface area contributed by atoms with Gasteiger partial charge in [0, 0.05) is 39.3 Å². The van der Waals surface area contributed by atoms with Crippen LogP contribution in [0.1, 0.15) is 62.7 Å². The molecule has 0 saturated carbocycles. The average molecular weight is 395 g/mol. The molecule has 0 bridgehead atoms.